The predicted molar refractivity (Wildman–Crippen MR) is 114 cm³/mol. The summed E-state index contributed by atoms with van der Waals surface area (Å²) in [5.74, 6) is 2.19. The van der Waals surface area contributed by atoms with Crippen molar-refractivity contribution in [3.8, 4) is 0 Å². The minimum Gasteiger partial charge on any atom is -0.370 e. The lowest BCUT2D eigenvalue weighted by Crippen LogP contribution is -2.47. The molecule has 2 heterocycles. The van der Waals surface area contributed by atoms with Crippen LogP contribution in [0.4, 0.5) is 0 Å². The monoisotopic (exact) mass is 380 g/mol. The van der Waals surface area contributed by atoms with Crippen LogP contribution in [0.25, 0.3) is 0 Å². The van der Waals surface area contributed by atoms with Crippen molar-refractivity contribution in [3.05, 3.63) is 65.7 Å². The Morgan fingerprint density at radius 3 is 2.63 bits per heavy atom. The second kappa shape index (κ2) is 8.81. The third-order valence-corrected chi connectivity index (χ3v) is 6.72. The Hall–Kier alpha value is -1.98. The normalized spacial score (nSPS) is 21.2. The van der Waals surface area contributed by atoms with Crippen LogP contribution in [-0.2, 0) is 6.54 Å². The SMILES string of the molecule is NC(=NCC1CSc2ccccc21)NC1CCN(Cc2ccccc2)CC1. The Balaban J connectivity index is 1.23. The number of hydrogen-bond donors (Lipinski definition) is 2. The van der Waals surface area contributed by atoms with E-state index in [2.05, 4.69) is 69.8 Å². The molecular weight excluding hydrogens is 352 g/mol. The van der Waals surface area contributed by atoms with E-state index in [9.17, 15) is 0 Å². The highest BCUT2D eigenvalue weighted by Crippen LogP contribution is 2.39. The molecule has 5 heteroatoms. The van der Waals surface area contributed by atoms with Crippen molar-refractivity contribution < 1.29 is 0 Å². The van der Waals surface area contributed by atoms with Gasteiger partial charge in [-0.05, 0) is 30.0 Å². The number of benzene rings is 2. The lowest BCUT2D eigenvalue weighted by atomic mass is 10.0. The number of aliphatic imine (C=N–C) groups is 1. The Morgan fingerprint density at radius 2 is 1.81 bits per heavy atom. The molecule has 0 saturated carbocycles. The van der Waals surface area contributed by atoms with Gasteiger partial charge in [-0.15, -0.1) is 11.8 Å². The fraction of sp³-hybridized carbons (Fsp3) is 0.409. The largest absolute Gasteiger partial charge is 0.370 e. The zero-order chi connectivity index (χ0) is 18.5. The van der Waals surface area contributed by atoms with E-state index in [1.807, 2.05) is 11.8 Å². The summed E-state index contributed by atoms with van der Waals surface area (Å²) in [7, 11) is 0. The van der Waals surface area contributed by atoms with Crippen LogP contribution in [-0.4, -0.2) is 42.3 Å². The van der Waals surface area contributed by atoms with Gasteiger partial charge in [-0.25, -0.2) is 0 Å². The average molecular weight is 381 g/mol. The predicted octanol–water partition coefficient (Wildman–Crippen LogP) is 3.44. The van der Waals surface area contributed by atoms with E-state index in [0.29, 0.717) is 17.9 Å². The molecule has 0 aromatic heterocycles. The molecule has 2 aliphatic rings. The van der Waals surface area contributed by atoms with Gasteiger partial charge in [0, 0.05) is 42.2 Å². The number of likely N-dealkylation sites (tertiary alicyclic amines) is 1. The molecule has 0 aliphatic carbocycles. The quantitative estimate of drug-likeness (QED) is 0.616. The molecule has 0 radical (unpaired) electrons. The number of nitrogens with zero attached hydrogens (tertiary/aromatic N) is 2. The number of thioether (sulfide) groups is 1. The summed E-state index contributed by atoms with van der Waals surface area (Å²) >= 11 is 1.93. The van der Waals surface area contributed by atoms with Gasteiger partial charge in [0.25, 0.3) is 0 Å². The van der Waals surface area contributed by atoms with Crippen LogP contribution in [0.15, 0.2) is 64.5 Å². The first kappa shape index (κ1) is 18.4. The number of nitrogens with two attached hydrogens (primary N) is 1. The Morgan fingerprint density at radius 1 is 1.07 bits per heavy atom. The fourth-order valence-corrected chi connectivity index (χ4v) is 5.16. The topological polar surface area (TPSA) is 53.6 Å². The maximum absolute atomic E-state index is 6.18. The molecule has 2 aromatic carbocycles. The van der Waals surface area contributed by atoms with E-state index in [-0.39, 0.29) is 0 Å². The van der Waals surface area contributed by atoms with E-state index < -0.39 is 0 Å². The van der Waals surface area contributed by atoms with E-state index >= 15 is 0 Å². The third kappa shape index (κ3) is 4.85. The maximum Gasteiger partial charge on any atom is 0.188 e. The van der Waals surface area contributed by atoms with Gasteiger partial charge in [0.15, 0.2) is 5.96 Å². The van der Waals surface area contributed by atoms with Gasteiger partial charge in [0.05, 0.1) is 6.54 Å². The first-order valence-electron chi connectivity index (χ1n) is 9.82. The summed E-state index contributed by atoms with van der Waals surface area (Å²) in [6, 6.07) is 19.8. The first-order valence-corrected chi connectivity index (χ1v) is 10.8. The molecule has 1 atom stereocenters. The van der Waals surface area contributed by atoms with Crippen LogP contribution in [0.5, 0.6) is 0 Å². The van der Waals surface area contributed by atoms with Crippen LogP contribution in [0.1, 0.15) is 29.9 Å². The van der Waals surface area contributed by atoms with Gasteiger partial charge in [0.2, 0.25) is 0 Å². The highest BCUT2D eigenvalue weighted by Gasteiger charge is 2.23. The van der Waals surface area contributed by atoms with Gasteiger partial charge in [-0.1, -0.05) is 48.5 Å². The number of piperidine rings is 1. The average Bonchev–Trinajstić information content (AvgIpc) is 3.12. The molecule has 2 aliphatic heterocycles. The van der Waals surface area contributed by atoms with Crippen molar-refractivity contribution in [2.24, 2.45) is 10.7 Å². The second-order valence-electron chi connectivity index (χ2n) is 7.45. The van der Waals surface area contributed by atoms with Crippen LogP contribution in [0.2, 0.25) is 0 Å². The summed E-state index contributed by atoms with van der Waals surface area (Å²) in [5.41, 5.74) is 8.99. The highest BCUT2D eigenvalue weighted by atomic mass is 32.2. The van der Waals surface area contributed by atoms with Gasteiger partial charge in [-0.2, -0.15) is 0 Å². The second-order valence-corrected chi connectivity index (χ2v) is 8.51. The van der Waals surface area contributed by atoms with Crippen molar-refractivity contribution in [1.82, 2.24) is 10.2 Å². The highest BCUT2D eigenvalue weighted by molar-refractivity contribution is 7.99. The Labute approximate surface area is 166 Å². The van der Waals surface area contributed by atoms with Crippen molar-refractivity contribution in [3.63, 3.8) is 0 Å². The zero-order valence-electron chi connectivity index (χ0n) is 15.7. The Kier molecular flexibility index (Phi) is 6.00. The van der Waals surface area contributed by atoms with Gasteiger partial charge < -0.3 is 11.1 Å². The number of rotatable bonds is 5. The van der Waals surface area contributed by atoms with Gasteiger partial charge in [0.1, 0.15) is 0 Å². The number of fused-ring (bicyclic) bond motifs is 1. The lowest BCUT2D eigenvalue weighted by molar-refractivity contribution is 0.199. The first-order chi connectivity index (χ1) is 13.3. The molecule has 0 amide bonds. The van der Waals surface area contributed by atoms with Gasteiger partial charge in [-0.3, -0.25) is 9.89 Å². The summed E-state index contributed by atoms with van der Waals surface area (Å²) in [6.45, 7) is 4.02. The summed E-state index contributed by atoms with van der Waals surface area (Å²) in [5, 5.41) is 3.45. The molecule has 4 rings (SSSR count). The summed E-state index contributed by atoms with van der Waals surface area (Å²) < 4.78 is 0. The minimum absolute atomic E-state index is 0.436. The smallest absolute Gasteiger partial charge is 0.188 e. The minimum atomic E-state index is 0.436. The van der Waals surface area contributed by atoms with Crippen LogP contribution in [0, 0.1) is 0 Å². The molecule has 27 heavy (non-hydrogen) atoms. The summed E-state index contributed by atoms with van der Waals surface area (Å²) in [6.07, 6.45) is 2.23. The van der Waals surface area contributed by atoms with Crippen LogP contribution >= 0.6 is 11.8 Å². The molecular formula is C22H28N4S. The zero-order valence-corrected chi connectivity index (χ0v) is 16.5. The van der Waals surface area contributed by atoms with E-state index in [1.165, 1.54) is 16.0 Å². The number of nitrogens with one attached hydrogen (secondary N) is 1. The number of hydrogen-bond acceptors (Lipinski definition) is 3. The molecule has 1 saturated heterocycles. The molecule has 4 nitrogen and oxygen atoms in total. The summed E-state index contributed by atoms with van der Waals surface area (Å²) in [4.78, 5) is 8.56. The standard InChI is InChI=1S/C22H28N4S/c23-22(24-14-18-16-27-21-9-5-4-8-20(18)21)25-19-10-12-26(13-11-19)15-17-6-2-1-3-7-17/h1-9,18-19H,10-16H2,(H3,23,24,25). The van der Waals surface area contributed by atoms with E-state index in [0.717, 1.165) is 44.8 Å². The molecule has 2 aromatic rings. The van der Waals surface area contributed by atoms with Crippen LogP contribution < -0.4 is 11.1 Å². The molecule has 0 bridgehead atoms. The van der Waals surface area contributed by atoms with Crippen LogP contribution in [0.3, 0.4) is 0 Å². The fourth-order valence-electron chi connectivity index (χ4n) is 3.92. The van der Waals surface area contributed by atoms with Crippen molar-refractivity contribution in [2.45, 2.75) is 36.2 Å². The van der Waals surface area contributed by atoms with E-state index in [4.69, 9.17) is 5.73 Å². The Bertz CT molecular complexity index is 769. The molecule has 3 N–H and O–H groups in total. The van der Waals surface area contributed by atoms with Gasteiger partial charge >= 0.3 is 0 Å². The molecule has 1 fully saturated rings. The maximum atomic E-state index is 6.18. The lowest BCUT2D eigenvalue weighted by Gasteiger charge is -2.32. The van der Waals surface area contributed by atoms with E-state index in [1.54, 1.807) is 0 Å². The molecule has 1 unspecified atom stereocenters. The molecule has 0 spiro atoms. The van der Waals surface area contributed by atoms with Crippen molar-refractivity contribution >= 4 is 17.7 Å². The number of guanidine groups is 1. The van der Waals surface area contributed by atoms with Crippen molar-refractivity contribution in [1.29, 1.82) is 0 Å². The third-order valence-electron chi connectivity index (χ3n) is 5.47. The molecule has 142 valence electrons. The van der Waals surface area contributed by atoms with Crippen molar-refractivity contribution in [2.75, 3.05) is 25.4 Å².